The minimum Gasteiger partial charge on any atom is -0.343 e. The Kier molecular flexibility index (Phi) is 11.7. The molecule has 1 aromatic rings. The molecule has 216 valence electrons. The summed E-state index contributed by atoms with van der Waals surface area (Å²) in [5.74, 6) is -0.480. The molecule has 2 fully saturated rings. The molecule has 0 aromatic heterocycles. The van der Waals surface area contributed by atoms with Gasteiger partial charge in [-0.2, -0.15) is 0 Å². The number of benzene rings is 1. The molecule has 2 heterocycles. The largest absolute Gasteiger partial charge is 0.343 e. The van der Waals surface area contributed by atoms with Crippen molar-refractivity contribution < 1.29 is 19.2 Å². The number of nitrogens with zero attached hydrogens (tertiary/aromatic N) is 2. The number of carbonyl (C=O) groups is 4. The maximum Gasteiger partial charge on any atom is 0.249 e. The van der Waals surface area contributed by atoms with E-state index in [4.69, 9.17) is 0 Å². The van der Waals surface area contributed by atoms with Crippen LogP contribution < -0.4 is 21.3 Å². The zero-order chi connectivity index (χ0) is 28.4. The van der Waals surface area contributed by atoms with Crippen LogP contribution in [0, 0.1) is 0 Å². The predicted molar refractivity (Wildman–Crippen MR) is 151 cm³/mol. The summed E-state index contributed by atoms with van der Waals surface area (Å²) in [5, 5.41) is 11.7. The Morgan fingerprint density at radius 1 is 0.744 bits per heavy atom. The average molecular weight is 543 g/mol. The maximum absolute atomic E-state index is 13.3. The molecule has 4 N–H and O–H groups in total. The first-order valence-electron chi connectivity index (χ1n) is 14.4. The molecular formula is C29H46N6O4. The van der Waals surface area contributed by atoms with Crippen molar-refractivity contribution in [3.8, 4) is 0 Å². The fourth-order valence-corrected chi connectivity index (χ4v) is 5.04. The van der Waals surface area contributed by atoms with E-state index >= 15 is 0 Å². The average Bonchev–Trinajstić information content (AvgIpc) is 3.69. The number of nitrogens with one attached hydrogen (secondary N) is 4. The van der Waals surface area contributed by atoms with E-state index in [-0.39, 0.29) is 29.7 Å². The third kappa shape index (κ3) is 8.50. The second kappa shape index (κ2) is 15.0. The molecule has 39 heavy (non-hydrogen) atoms. The first kappa shape index (κ1) is 30.6. The molecule has 1 aromatic carbocycles. The number of amides is 4. The monoisotopic (exact) mass is 542 g/mol. The molecule has 0 unspecified atom stereocenters. The normalized spacial score (nSPS) is 18.4. The molecule has 0 spiro atoms. The van der Waals surface area contributed by atoms with Crippen LogP contribution in [0.25, 0.3) is 0 Å². The lowest BCUT2D eigenvalue weighted by Gasteiger charge is -2.26. The van der Waals surface area contributed by atoms with Gasteiger partial charge in [-0.05, 0) is 84.0 Å². The third-order valence-electron chi connectivity index (χ3n) is 7.91. The van der Waals surface area contributed by atoms with Crippen molar-refractivity contribution in [1.82, 2.24) is 31.1 Å². The number of rotatable bonds is 13. The lowest BCUT2D eigenvalue weighted by Crippen LogP contribution is -2.52. The number of aryl methyl sites for hydroxylation is 1. The first-order valence-corrected chi connectivity index (χ1v) is 14.4. The van der Waals surface area contributed by atoms with Gasteiger partial charge in [0.1, 0.15) is 12.1 Å². The van der Waals surface area contributed by atoms with Gasteiger partial charge in [-0.1, -0.05) is 24.3 Å². The van der Waals surface area contributed by atoms with Crippen LogP contribution in [0.15, 0.2) is 24.3 Å². The number of likely N-dealkylation sites (tertiary alicyclic amines) is 2. The molecule has 0 bridgehead atoms. The van der Waals surface area contributed by atoms with Crippen LogP contribution in [-0.4, -0.2) is 91.8 Å². The van der Waals surface area contributed by atoms with Gasteiger partial charge in [-0.15, -0.1) is 0 Å². The van der Waals surface area contributed by atoms with Crippen molar-refractivity contribution in [2.45, 2.75) is 83.0 Å². The topological polar surface area (TPSA) is 123 Å². The second-order valence-corrected chi connectivity index (χ2v) is 10.7. The highest BCUT2D eigenvalue weighted by Crippen LogP contribution is 2.21. The van der Waals surface area contributed by atoms with Gasteiger partial charge in [0, 0.05) is 26.2 Å². The van der Waals surface area contributed by atoms with Crippen molar-refractivity contribution in [3.05, 3.63) is 35.4 Å². The summed E-state index contributed by atoms with van der Waals surface area (Å²) in [7, 11) is 3.44. The summed E-state index contributed by atoms with van der Waals surface area (Å²) in [5.41, 5.74) is 1.83. The van der Waals surface area contributed by atoms with E-state index in [9.17, 15) is 19.2 Å². The zero-order valence-electron chi connectivity index (χ0n) is 23.9. The highest BCUT2D eigenvalue weighted by molar-refractivity contribution is 5.91. The molecule has 3 rings (SSSR count). The highest BCUT2D eigenvalue weighted by atomic mass is 16.2. The Morgan fingerprint density at radius 3 is 1.74 bits per heavy atom. The molecule has 2 aliphatic rings. The fourth-order valence-electron chi connectivity index (χ4n) is 5.04. The standard InChI is InChI=1S/C29H46N6O4/c1-20(30-3)26(36)32-24(28(38)34-16-5-6-17-34)11-9-10-22-12-14-23(15-13-22)25(33-27(37)21(2)31-4)29(39)35-18-7-8-19-35/h12-15,20-21,24-25,30-31H,5-11,16-19H2,1-4H3,(H,32,36)(H,33,37)/t20-,21-,24-,25-/m0/s1. The van der Waals surface area contributed by atoms with E-state index in [1.54, 1.807) is 27.9 Å². The van der Waals surface area contributed by atoms with Gasteiger partial charge < -0.3 is 31.1 Å². The summed E-state index contributed by atoms with van der Waals surface area (Å²) in [6.45, 7) is 6.46. The summed E-state index contributed by atoms with van der Waals surface area (Å²) < 4.78 is 0. The van der Waals surface area contributed by atoms with Crippen molar-refractivity contribution in [3.63, 3.8) is 0 Å². The maximum atomic E-state index is 13.3. The quantitative estimate of drug-likeness (QED) is 0.296. The van der Waals surface area contributed by atoms with Gasteiger partial charge in [0.2, 0.25) is 23.6 Å². The van der Waals surface area contributed by atoms with E-state index in [1.165, 1.54) is 0 Å². The van der Waals surface area contributed by atoms with Gasteiger partial charge in [-0.25, -0.2) is 0 Å². The second-order valence-electron chi connectivity index (χ2n) is 10.7. The van der Waals surface area contributed by atoms with Crippen molar-refractivity contribution in [2.75, 3.05) is 40.3 Å². The van der Waals surface area contributed by atoms with Crippen LogP contribution in [0.4, 0.5) is 0 Å². The van der Waals surface area contributed by atoms with E-state index in [0.29, 0.717) is 19.5 Å². The summed E-state index contributed by atoms with van der Waals surface area (Å²) >= 11 is 0. The minimum atomic E-state index is -0.729. The zero-order valence-corrected chi connectivity index (χ0v) is 23.9. The molecule has 2 aliphatic heterocycles. The SMILES string of the molecule is CN[C@@H](C)C(=O)N[C@@H](CCCc1ccc([C@H](NC(=O)[C@H](C)NC)C(=O)N2CCCC2)cc1)C(=O)N1CCCC1. The fraction of sp³-hybridized carbons (Fsp3) is 0.655. The Morgan fingerprint density at radius 2 is 1.23 bits per heavy atom. The smallest absolute Gasteiger partial charge is 0.249 e. The van der Waals surface area contributed by atoms with Gasteiger partial charge in [-0.3, -0.25) is 19.2 Å². The number of hydrogen-bond donors (Lipinski definition) is 4. The molecule has 0 aliphatic carbocycles. The number of carbonyl (C=O) groups excluding carboxylic acids is 4. The van der Waals surface area contributed by atoms with Crippen LogP contribution in [0.5, 0.6) is 0 Å². The van der Waals surface area contributed by atoms with Crippen LogP contribution in [-0.2, 0) is 25.6 Å². The van der Waals surface area contributed by atoms with Crippen LogP contribution in [0.2, 0.25) is 0 Å². The molecule has 4 amide bonds. The first-order chi connectivity index (χ1) is 18.7. The molecule has 10 nitrogen and oxygen atoms in total. The van der Waals surface area contributed by atoms with Gasteiger partial charge in [0.05, 0.1) is 12.1 Å². The van der Waals surface area contributed by atoms with Crippen molar-refractivity contribution in [2.24, 2.45) is 0 Å². The van der Waals surface area contributed by atoms with E-state index < -0.39 is 18.1 Å². The minimum absolute atomic E-state index is 0.00527. The third-order valence-corrected chi connectivity index (χ3v) is 7.91. The predicted octanol–water partition coefficient (Wildman–Crippen LogP) is 1.11. The van der Waals surface area contributed by atoms with E-state index in [1.807, 2.05) is 34.1 Å². The number of likely N-dealkylation sites (N-methyl/N-ethyl adjacent to an activating group) is 2. The molecule has 4 atom stereocenters. The molecule has 10 heteroatoms. The Balaban J connectivity index is 1.64. The number of hydrogen-bond acceptors (Lipinski definition) is 6. The van der Waals surface area contributed by atoms with Crippen LogP contribution >= 0.6 is 0 Å². The Labute approximate surface area is 232 Å². The van der Waals surface area contributed by atoms with Crippen LogP contribution in [0.1, 0.15) is 69.5 Å². The Bertz CT molecular complexity index is 972. The van der Waals surface area contributed by atoms with Gasteiger partial charge in [0.25, 0.3) is 0 Å². The molecule has 0 saturated carbocycles. The molecule has 2 saturated heterocycles. The lowest BCUT2D eigenvalue weighted by atomic mass is 9.99. The summed E-state index contributed by atoms with van der Waals surface area (Å²) in [4.78, 5) is 55.2. The highest BCUT2D eigenvalue weighted by Gasteiger charge is 2.31. The molecule has 0 radical (unpaired) electrons. The van der Waals surface area contributed by atoms with Crippen molar-refractivity contribution in [1.29, 1.82) is 0 Å². The van der Waals surface area contributed by atoms with E-state index in [2.05, 4.69) is 21.3 Å². The summed E-state index contributed by atoms with van der Waals surface area (Å²) in [6.07, 6.45) is 5.97. The van der Waals surface area contributed by atoms with Gasteiger partial charge >= 0.3 is 0 Å². The summed E-state index contributed by atoms with van der Waals surface area (Å²) in [6, 6.07) is 5.71. The van der Waals surface area contributed by atoms with Gasteiger partial charge in [0.15, 0.2) is 0 Å². The van der Waals surface area contributed by atoms with Crippen LogP contribution in [0.3, 0.4) is 0 Å². The van der Waals surface area contributed by atoms with E-state index in [0.717, 1.165) is 62.7 Å². The van der Waals surface area contributed by atoms with Crippen molar-refractivity contribution >= 4 is 23.6 Å². The Hall–Kier alpha value is -2.98. The molecular weight excluding hydrogens is 496 g/mol. The lowest BCUT2D eigenvalue weighted by molar-refractivity contribution is -0.136.